The first kappa shape index (κ1) is 18.2. The van der Waals surface area contributed by atoms with Crippen molar-refractivity contribution in [2.45, 2.75) is 30.2 Å². The van der Waals surface area contributed by atoms with Crippen LogP contribution in [0.4, 0.5) is 22.0 Å². The molecule has 0 aliphatic heterocycles. The van der Waals surface area contributed by atoms with Crippen molar-refractivity contribution < 1.29 is 31.5 Å². The van der Waals surface area contributed by atoms with Crippen molar-refractivity contribution in [1.29, 1.82) is 5.26 Å². The molecule has 1 rings (SSSR count). The van der Waals surface area contributed by atoms with Gasteiger partial charge in [-0.3, -0.25) is 4.79 Å². The Hall–Kier alpha value is -1.82. The zero-order chi connectivity index (χ0) is 16.9. The maximum absolute atomic E-state index is 12.9. The summed E-state index contributed by atoms with van der Waals surface area (Å²) in [5, 5.41) is 8.91. The summed E-state index contributed by atoms with van der Waals surface area (Å²) in [6.07, 6.45) is -3.64. The monoisotopic (exact) mass is 339 g/mol. The lowest BCUT2D eigenvalue weighted by atomic mass is 10.0. The molecule has 0 aromatic heterocycles. The molecule has 0 unspecified atom stereocenters. The van der Waals surface area contributed by atoms with E-state index in [4.69, 9.17) is 5.26 Å². The van der Waals surface area contributed by atoms with E-state index in [1.807, 2.05) is 0 Å². The Labute approximate surface area is 127 Å². The Morgan fingerprint density at radius 1 is 1.41 bits per heavy atom. The molecule has 0 saturated carbocycles. The highest BCUT2D eigenvalue weighted by molar-refractivity contribution is 8.00. The number of nitriles is 1. The summed E-state index contributed by atoms with van der Waals surface area (Å²) in [6, 6.07) is 3.06. The fraction of sp³-hybridized carbons (Fsp3) is 0.385. The second-order valence-electron chi connectivity index (χ2n) is 3.99. The lowest BCUT2D eigenvalue weighted by molar-refractivity contribution is -0.142. The fourth-order valence-corrected chi connectivity index (χ4v) is 2.36. The van der Waals surface area contributed by atoms with Crippen LogP contribution in [-0.2, 0) is 16.0 Å². The summed E-state index contributed by atoms with van der Waals surface area (Å²) in [6.45, 7) is 1.59. The number of rotatable bonds is 5. The van der Waals surface area contributed by atoms with Gasteiger partial charge in [-0.15, -0.1) is 0 Å². The van der Waals surface area contributed by atoms with Gasteiger partial charge in [-0.1, -0.05) is 0 Å². The third-order valence-electron chi connectivity index (χ3n) is 2.46. The van der Waals surface area contributed by atoms with Crippen molar-refractivity contribution in [3.05, 3.63) is 28.8 Å². The molecule has 1 aromatic rings. The smallest absolute Gasteiger partial charge is 0.446 e. The molecule has 0 fully saturated rings. The van der Waals surface area contributed by atoms with E-state index < -0.39 is 46.5 Å². The molecule has 0 radical (unpaired) electrons. The molecule has 0 saturated heterocycles. The highest BCUT2D eigenvalue weighted by Crippen LogP contribution is 2.42. The van der Waals surface area contributed by atoms with E-state index in [0.29, 0.717) is 6.07 Å². The number of halogens is 5. The summed E-state index contributed by atoms with van der Waals surface area (Å²) in [5.41, 5.74) is -6.03. The van der Waals surface area contributed by atoms with Gasteiger partial charge in [0.15, 0.2) is 0 Å². The minimum atomic E-state index is -4.76. The Morgan fingerprint density at radius 3 is 2.50 bits per heavy atom. The zero-order valence-corrected chi connectivity index (χ0v) is 12.0. The van der Waals surface area contributed by atoms with Gasteiger partial charge in [0, 0.05) is 10.5 Å². The predicted molar refractivity (Wildman–Crippen MR) is 68.4 cm³/mol. The summed E-state index contributed by atoms with van der Waals surface area (Å²) >= 11 is -0.712. The minimum absolute atomic E-state index is 0.0556. The van der Waals surface area contributed by atoms with Gasteiger partial charge >= 0.3 is 11.5 Å². The largest absolute Gasteiger partial charge is 0.466 e. The van der Waals surface area contributed by atoms with Gasteiger partial charge in [-0.2, -0.15) is 18.4 Å². The van der Waals surface area contributed by atoms with Gasteiger partial charge in [-0.05, 0) is 36.4 Å². The molecule has 9 heteroatoms. The molecule has 0 heterocycles. The molecule has 0 N–H and O–H groups in total. The van der Waals surface area contributed by atoms with Gasteiger partial charge in [0.25, 0.3) is 6.43 Å². The molecule has 22 heavy (non-hydrogen) atoms. The summed E-state index contributed by atoms with van der Waals surface area (Å²) in [5.74, 6) is -0.758. The van der Waals surface area contributed by atoms with E-state index >= 15 is 0 Å². The van der Waals surface area contributed by atoms with Crippen molar-refractivity contribution >= 4 is 17.7 Å². The minimum Gasteiger partial charge on any atom is -0.466 e. The first-order valence-electron chi connectivity index (χ1n) is 5.94. The van der Waals surface area contributed by atoms with Crippen LogP contribution in [0.15, 0.2) is 17.0 Å². The van der Waals surface area contributed by atoms with Crippen LogP contribution in [0.3, 0.4) is 0 Å². The average Bonchev–Trinajstić information content (AvgIpc) is 2.36. The molecule has 0 atom stereocenters. The quantitative estimate of drug-likeness (QED) is 0.458. The number of hydrogen-bond acceptors (Lipinski definition) is 4. The highest BCUT2D eigenvalue weighted by atomic mass is 32.2. The van der Waals surface area contributed by atoms with Crippen LogP contribution >= 0.6 is 11.8 Å². The number of hydrogen-bond donors (Lipinski definition) is 0. The van der Waals surface area contributed by atoms with E-state index in [1.54, 1.807) is 6.07 Å². The number of carbonyl (C=O) groups is 1. The van der Waals surface area contributed by atoms with Crippen molar-refractivity contribution in [3.8, 4) is 6.07 Å². The van der Waals surface area contributed by atoms with E-state index in [-0.39, 0.29) is 17.7 Å². The van der Waals surface area contributed by atoms with Crippen LogP contribution in [0, 0.1) is 11.3 Å². The summed E-state index contributed by atoms with van der Waals surface area (Å²) in [7, 11) is 0. The second-order valence-corrected chi connectivity index (χ2v) is 5.10. The highest BCUT2D eigenvalue weighted by Gasteiger charge is 2.32. The fourth-order valence-electron chi connectivity index (χ4n) is 1.64. The van der Waals surface area contributed by atoms with Crippen LogP contribution in [0.5, 0.6) is 0 Å². The third-order valence-corrected chi connectivity index (χ3v) is 3.26. The van der Waals surface area contributed by atoms with Crippen molar-refractivity contribution in [2.75, 3.05) is 6.61 Å². The van der Waals surface area contributed by atoms with Crippen molar-refractivity contribution in [1.82, 2.24) is 0 Å². The Bertz CT molecular complexity index is 595. The SMILES string of the molecule is CCOC(=O)Cc1cc(SC(F)(F)F)c(C(F)F)cc1C#N. The zero-order valence-electron chi connectivity index (χ0n) is 11.2. The number of ether oxygens (including phenoxy) is 1. The molecule has 0 spiro atoms. The maximum atomic E-state index is 12.9. The first-order valence-corrected chi connectivity index (χ1v) is 6.76. The molecule has 0 bridgehead atoms. The molecule has 3 nitrogen and oxygen atoms in total. The van der Waals surface area contributed by atoms with Crippen LogP contribution in [0.25, 0.3) is 0 Å². The van der Waals surface area contributed by atoms with E-state index in [1.165, 1.54) is 6.92 Å². The van der Waals surface area contributed by atoms with Gasteiger partial charge in [0.2, 0.25) is 0 Å². The standard InChI is InChI=1S/C13H10F5NO2S/c1-2-21-11(20)5-7-4-10(22-13(16,17)18)9(12(14)15)3-8(7)6-19/h3-4,12H,2,5H2,1H3. The van der Waals surface area contributed by atoms with Gasteiger partial charge in [0.05, 0.1) is 24.7 Å². The predicted octanol–water partition coefficient (Wildman–Crippen LogP) is 4.21. The number of esters is 1. The molecule has 0 aliphatic carbocycles. The number of alkyl halides is 5. The molecule has 0 amide bonds. The van der Waals surface area contributed by atoms with Gasteiger partial charge < -0.3 is 4.74 Å². The molecule has 120 valence electrons. The number of carbonyl (C=O) groups excluding carboxylic acids is 1. The maximum Gasteiger partial charge on any atom is 0.446 e. The molecule has 0 aliphatic rings. The van der Waals surface area contributed by atoms with Gasteiger partial charge in [-0.25, -0.2) is 8.78 Å². The van der Waals surface area contributed by atoms with Gasteiger partial charge in [0.1, 0.15) is 0 Å². The number of benzene rings is 1. The lowest BCUT2D eigenvalue weighted by Gasteiger charge is -2.14. The topological polar surface area (TPSA) is 50.1 Å². The Morgan fingerprint density at radius 2 is 2.05 bits per heavy atom. The molecular formula is C13H10F5NO2S. The van der Waals surface area contributed by atoms with Crippen LogP contribution in [0.2, 0.25) is 0 Å². The van der Waals surface area contributed by atoms with E-state index in [9.17, 15) is 26.7 Å². The average molecular weight is 339 g/mol. The second kappa shape index (κ2) is 7.45. The first-order chi connectivity index (χ1) is 10.2. The third kappa shape index (κ3) is 5.18. The summed E-state index contributed by atoms with van der Waals surface area (Å²) < 4.78 is 67.7. The molecular weight excluding hydrogens is 329 g/mol. The van der Waals surface area contributed by atoms with E-state index in [0.717, 1.165) is 6.07 Å². The Kier molecular flexibility index (Phi) is 6.17. The van der Waals surface area contributed by atoms with Crippen LogP contribution in [0.1, 0.15) is 30.0 Å². The van der Waals surface area contributed by atoms with Crippen LogP contribution < -0.4 is 0 Å². The molecule has 1 aromatic carbocycles. The number of thioether (sulfide) groups is 1. The normalized spacial score (nSPS) is 11.4. The van der Waals surface area contributed by atoms with Crippen molar-refractivity contribution in [3.63, 3.8) is 0 Å². The Balaban J connectivity index is 3.30. The lowest BCUT2D eigenvalue weighted by Crippen LogP contribution is -2.10. The van der Waals surface area contributed by atoms with Crippen molar-refractivity contribution in [2.24, 2.45) is 0 Å². The summed E-state index contributed by atoms with van der Waals surface area (Å²) in [4.78, 5) is 10.7. The van der Waals surface area contributed by atoms with Crippen LogP contribution in [-0.4, -0.2) is 18.1 Å². The number of nitrogens with zero attached hydrogens (tertiary/aromatic N) is 1. The van der Waals surface area contributed by atoms with E-state index in [2.05, 4.69) is 4.74 Å².